The molecule has 0 saturated heterocycles. The van der Waals surface area contributed by atoms with Crippen molar-refractivity contribution in [2.24, 2.45) is 5.73 Å². The number of hydrogen-bond donors (Lipinski definition) is 4. The van der Waals surface area contributed by atoms with Gasteiger partial charge in [-0.15, -0.1) is 11.3 Å². The first-order chi connectivity index (χ1) is 13.2. The van der Waals surface area contributed by atoms with Gasteiger partial charge in [0.25, 0.3) is 0 Å². The van der Waals surface area contributed by atoms with Gasteiger partial charge in [-0.1, -0.05) is 30.3 Å². The number of hydrogen-bond acceptors (Lipinski definition) is 5. The molecule has 1 aromatic heterocycles. The third-order valence-corrected chi connectivity index (χ3v) is 5.01. The lowest BCUT2D eigenvalue weighted by atomic mass is 9.89. The van der Waals surface area contributed by atoms with Crippen LogP contribution in [0.5, 0.6) is 0 Å². The molecule has 0 aliphatic heterocycles. The lowest BCUT2D eigenvalue weighted by Gasteiger charge is -2.31. The summed E-state index contributed by atoms with van der Waals surface area (Å²) in [6.45, 7) is 4.14. The van der Waals surface area contributed by atoms with E-state index in [1.807, 2.05) is 18.2 Å². The maximum Gasteiger partial charge on any atom is 0.328 e. The molecule has 1 unspecified atom stereocenters. The number of carbonyl (C=O) groups is 3. The smallest absolute Gasteiger partial charge is 0.328 e. The topological polar surface area (TPSA) is 130 Å². The summed E-state index contributed by atoms with van der Waals surface area (Å²) < 4.78 is 0. The Balaban J connectivity index is 0.000000416. The average molecular weight is 404 g/mol. The van der Waals surface area contributed by atoms with Crippen molar-refractivity contribution >= 4 is 29.2 Å². The summed E-state index contributed by atoms with van der Waals surface area (Å²) >= 11 is 1.67. The number of carbonyl (C=O) groups excluding carboxylic acids is 1. The van der Waals surface area contributed by atoms with Crippen molar-refractivity contribution in [1.29, 1.82) is 0 Å². The van der Waals surface area contributed by atoms with E-state index < -0.39 is 17.5 Å². The monoisotopic (exact) mass is 404 g/mol. The molecule has 1 heterocycles. The van der Waals surface area contributed by atoms with Gasteiger partial charge in [0.05, 0.1) is 12.1 Å². The zero-order valence-corrected chi connectivity index (χ0v) is 16.5. The van der Waals surface area contributed by atoms with Crippen LogP contribution in [0.15, 0.2) is 53.9 Å². The molecular weight excluding hydrogens is 380 g/mol. The molecule has 0 aliphatic carbocycles. The summed E-state index contributed by atoms with van der Waals surface area (Å²) in [4.78, 5) is 32.1. The van der Waals surface area contributed by atoms with Crippen LogP contribution in [0.1, 0.15) is 22.9 Å². The van der Waals surface area contributed by atoms with Crippen LogP contribution in [-0.2, 0) is 26.3 Å². The molecule has 0 saturated carbocycles. The lowest BCUT2D eigenvalue weighted by Crippen LogP contribution is -2.47. The second-order valence-corrected chi connectivity index (χ2v) is 7.11. The van der Waals surface area contributed by atoms with Crippen LogP contribution < -0.4 is 11.1 Å². The highest BCUT2D eigenvalue weighted by molar-refractivity contribution is 7.10. The van der Waals surface area contributed by atoms with Gasteiger partial charge >= 0.3 is 11.9 Å². The summed E-state index contributed by atoms with van der Waals surface area (Å²) in [6.07, 6.45) is 1.87. The minimum atomic E-state index is -1.26. The van der Waals surface area contributed by atoms with Crippen molar-refractivity contribution in [3.8, 4) is 0 Å². The molecule has 0 spiro atoms. The van der Waals surface area contributed by atoms with E-state index in [1.165, 1.54) is 16.0 Å². The molecule has 0 fully saturated rings. The fourth-order valence-electron chi connectivity index (χ4n) is 2.62. The van der Waals surface area contributed by atoms with Gasteiger partial charge in [0.1, 0.15) is 0 Å². The van der Waals surface area contributed by atoms with Crippen LogP contribution in [0.25, 0.3) is 0 Å². The predicted molar refractivity (Wildman–Crippen MR) is 108 cm³/mol. The second kappa shape index (κ2) is 11.0. The first kappa shape index (κ1) is 23.1. The molecule has 8 heteroatoms. The van der Waals surface area contributed by atoms with E-state index in [0.717, 1.165) is 6.42 Å². The number of carboxylic acid groups (broad SMARTS) is 2. The van der Waals surface area contributed by atoms with Gasteiger partial charge in [0.2, 0.25) is 5.91 Å². The number of carboxylic acids is 2. The zero-order chi connectivity index (χ0) is 21.2. The molecule has 0 aliphatic rings. The van der Waals surface area contributed by atoms with Gasteiger partial charge < -0.3 is 21.3 Å². The highest BCUT2D eigenvalue weighted by atomic mass is 32.1. The zero-order valence-electron chi connectivity index (χ0n) is 15.7. The summed E-state index contributed by atoms with van der Waals surface area (Å²) in [6, 6.07) is 12.3. The number of rotatable bonds is 7. The van der Waals surface area contributed by atoms with E-state index in [-0.39, 0.29) is 12.5 Å². The van der Waals surface area contributed by atoms with Gasteiger partial charge in [0, 0.05) is 23.5 Å². The Morgan fingerprint density at radius 1 is 1.11 bits per heavy atom. The molecule has 2 rings (SSSR count). The minimum absolute atomic E-state index is 0.00873. The molecule has 0 bridgehead atoms. The lowest BCUT2D eigenvalue weighted by molar-refractivity contribution is -0.134. The molecule has 1 amide bonds. The fourth-order valence-corrected chi connectivity index (χ4v) is 3.67. The van der Waals surface area contributed by atoms with Crippen LogP contribution in [0.3, 0.4) is 0 Å². The maximum atomic E-state index is 11.8. The summed E-state index contributed by atoms with van der Waals surface area (Å²) in [5, 5.41) is 20.8. The third-order valence-electron chi connectivity index (χ3n) is 3.73. The molecule has 28 heavy (non-hydrogen) atoms. The Morgan fingerprint density at radius 3 is 2.11 bits per heavy atom. The van der Waals surface area contributed by atoms with Gasteiger partial charge in [-0.05, 0) is 36.4 Å². The fraction of sp³-hybridized carbons (Fsp3) is 0.250. The largest absolute Gasteiger partial charge is 0.478 e. The standard InChI is InChI=1S/C16H20N2OS.C4H4O4/c1-12-8-9-20-15(12)16(2,18-14(19)11-17)10-13-6-4-3-5-7-13;5-3(6)1-2-4(7)8/h3-9H,10-11,17H2,1-2H3,(H,18,19);1-2H,(H,5,6)(H,7,8). The quantitative estimate of drug-likeness (QED) is 0.524. The number of aryl methyl sites for hydroxylation is 1. The van der Waals surface area contributed by atoms with Gasteiger partial charge in [-0.3, -0.25) is 4.79 Å². The molecule has 2 aromatic rings. The third kappa shape index (κ3) is 7.73. The second-order valence-electron chi connectivity index (χ2n) is 6.19. The van der Waals surface area contributed by atoms with Crippen molar-refractivity contribution < 1.29 is 24.6 Å². The van der Waals surface area contributed by atoms with Crippen molar-refractivity contribution in [3.05, 3.63) is 69.9 Å². The van der Waals surface area contributed by atoms with Crippen LogP contribution in [0, 0.1) is 6.92 Å². The van der Waals surface area contributed by atoms with Crippen molar-refractivity contribution in [2.75, 3.05) is 6.54 Å². The van der Waals surface area contributed by atoms with Gasteiger partial charge in [-0.25, -0.2) is 9.59 Å². The van der Waals surface area contributed by atoms with Crippen LogP contribution >= 0.6 is 11.3 Å². The average Bonchev–Trinajstić information content (AvgIpc) is 3.08. The van der Waals surface area contributed by atoms with Crippen LogP contribution in [-0.4, -0.2) is 34.6 Å². The normalized spacial score (nSPS) is 12.5. The van der Waals surface area contributed by atoms with E-state index in [4.69, 9.17) is 15.9 Å². The number of nitrogens with two attached hydrogens (primary N) is 1. The van der Waals surface area contributed by atoms with E-state index >= 15 is 0 Å². The van der Waals surface area contributed by atoms with E-state index in [2.05, 4.69) is 42.7 Å². The van der Waals surface area contributed by atoms with Crippen LogP contribution in [0.4, 0.5) is 0 Å². The molecule has 5 N–H and O–H groups in total. The maximum absolute atomic E-state index is 11.8. The SMILES string of the molecule is Cc1ccsc1C(C)(Cc1ccccc1)NC(=O)CN.O=C(O)C=CC(=O)O. The Bertz CT molecular complexity index is 816. The van der Waals surface area contributed by atoms with E-state index in [0.29, 0.717) is 12.2 Å². The molecule has 1 atom stereocenters. The van der Waals surface area contributed by atoms with E-state index in [9.17, 15) is 14.4 Å². The predicted octanol–water partition coefficient (Wildman–Crippen LogP) is 2.30. The highest BCUT2D eigenvalue weighted by Gasteiger charge is 2.31. The first-order valence-electron chi connectivity index (χ1n) is 8.41. The summed E-state index contributed by atoms with van der Waals surface area (Å²) in [7, 11) is 0. The molecule has 0 radical (unpaired) electrons. The number of thiophene rings is 1. The Morgan fingerprint density at radius 2 is 1.68 bits per heavy atom. The van der Waals surface area contributed by atoms with E-state index in [1.54, 1.807) is 11.3 Å². The van der Waals surface area contributed by atoms with Gasteiger partial charge in [0.15, 0.2) is 0 Å². The van der Waals surface area contributed by atoms with Crippen molar-refractivity contribution in [1.82, 2.24) is 5.32 Å². The number of nitrogens with one attached hydrogen (secondary N) is 1. The highest BCUT2D eigenvalue weighted by Crippen LogP contribution is 2.32. The number of amides is 1. The minimum Gasteiger partial charge on any atom is -0.478 e. The Labute approximate surface area is 167 Å². The molecular formula is C20H24N2O5S. The number of benzene rings is 1. The van der Waals surface area contributed by atoms with Crippen LogP contribution in [0.2, 0.25) is 0 Å². The van der Waals surface area contributed by atoms with Crippen molar-refractivity contribution in [3.63, 3.8) is 0 Å². The molecule has 150 valence electrons. The van der Waals surface area contributed by atoms with Gasteiger partial charge in [-0.2, -0.15) is 0 Å². The summed E-state index contributed by atoms with van der Waals surface area (Å²) in [5.41, 5.74) is 7.43. The molecule has 1 aromatic carbocycles. The Kier molecular flexibility index (Phi) is 9.07. The molecule has 7 nitrogen and oxygen atoms in total. The Hall–Kier alpha value is -2.97. The summed E-state index contributed by atoms with van der Waals surface area (Å²) in [5.74, 6) is -2.64. The number of aliphatic carboxylic acids is 2. The first-order valence-corrected chi connectivity index (χ1v) is 9.29. The van der Waals surface area contributed by atoms with Crippen molar-refractivity contribution in [2.45, 2.75) is 25.8 Å².